The normalized spacial score (nSPS) is 20.7. The highest BCUT2D eigenvalue weighted by atomic mass is 32.1. The van der Waals surface area contributed by atoms with Crippen LogP contribution in [-0.2, 0) is 22.4 Å². The summed E-state index contributed by atoms with van der Waals surface area (Å²) in [4.78, 5) is 27.6. The highest BCUT2D eigenvalue weighted by molar-refractivity contribution is 7.11. The van der Waals surface area contributed by atoms with Crippen LogP contribution in [0.1, 0.15) is 42.3 Å². The van der Waals surface area contributed by atoms with E-state index in [9.17, 15) is 4.79 Å². The molecule has 1 amide bonds. The molecular weight excluding hydrogens is 374 g/mol. The molecule has 3 heterocycles. The van der Waals surface area contributed by atoms with Crippen LogP contribution in [0.3, 0.4) is 0 Å². The molecule has 0 aliphatic carbocycles. The van der Waals surface area contributed by atoms with E-state index >= 15 is 0 Å². The van der Waals surface area contributed by atoms with E-state index in [2.05, 4.69) is 31.0 Å². The fourth-order valence-electron chi connectivity index (χ4n) is 3.72. The van der Waals surface area contributed by atoms with Crippen LogP contribution in [0.5, 0.6) is 0 Å². The van der Waals surface area contributed by atoms with Crippen molar-refractivity contribution in [2.45, 2.75) is 52.6 Å². The lowest BCUT2D eigenvalue weighted by Crippen LogP contribution is -2.55. The monoisotopic (exact) mass is 407 g/mol. The van der Waals surface area contributed by atoms with Crippen LogP contribution in [0.4, 0.5) is 0 Å². The molecule has 3 rings (SSSR count). The van der Waals surface area contributed by atoms with E-state index in [0.717, 1.165) is 70.9 Å². The minimum atomic E-state index is -0.219. The minimum Gasteiger partial charge on any atom is -0.368 e. The van der Waals surface area contributed by atoms with Crippen molar-refractivity contribution in [3.05, 3.63) is 15.6 Å². The molecule has 8 heteroatoms. The van der Waals surface area contributed by atoms with Crippen LogP contribution in [0.2, 0.25) is 0 Å². The Kier molecular flexibility index (Phi) is 7.67. The molecule has 0 aromatic carbocycles. The Hall–Kier alpha value is -1.67. The van der Waals surface area contributed by atoms with Gasteiger partial charge in [-0.25, -0.2) is 4.98 Å². The Morgan fingerprint density at radius 1 is 1.29 bits per heavy atom. The summed E-state index contributed by atoms with van der Waals surface area (Å²) in [5.41, 5.74) is 1.21. The van der Waals surface area contributed by atoms with Gasteiger partial charge in [-0.3, -0.25) is 9.79 Å². The SMILES string of the molecule is CCNC(=NCCc1nc(CC)c(C)s1)N1CCN(C(=O)C2CCCO2)CC1. The molecule has 0 radical (unpaired) electrons. The van der Waals surface area contributed by atoms with Crippen LogP contribution in [0, 0.1) is 6.92 Å². The number of rotatable bonds is 6. The van der Waals surface area contributed by atoms with Crippen molar-refractivity contribution >= 4 is 23.2 Å². The van der Waals surface area contributed by atoms with Gasteiger partial charge in [0.2, 0.25) is 0 Å². The van der Waals surface area contributed by atoms with E-state index in [0.29, 0.717) is 6.61 Å². The number of piperazine rings is 1. The summed E-state index contributed by atoms with van der Waals surface area (Å²) >= 11 is 1.78. The van der Waals surface area contributed by atoms with Crippen molar-refractivity contribution in [3.63, 3.8) is 0 Å². The van der Waals surface area contributed by atoms with Crippen molar-refractivity contribution < 1.29 is 9.53 Å². The van der Waals surface area contributed by atoms with Gasteiger partial charge in [0.1, 0.15) is 6.10 Å². The Morgan fingerprint density at radius 2 is 2.04 bits per heavy atom. The second-order valence-corrected chi connectivity index (χ2v) is 8.55. The van der Waals surface area contributed by atoms with Gasteiger partial charge in [0, 0.05) is 57.2 Å². The molecule has 28 heavy (non-hydrogen) atoms. The van der Waals surface area contributed by atoms with Gasteiger partial charge in [-0.15, -0.1) is 11.3 Å². The molecule has 156 valence electrons. The number of aromatic nitrogens is 1. The Balaban J connectivity index is 1.52. The second-order valence-electron chi connectivity index (χ2n) is 7.26. The molecular formula is C20H33N5O2S. The molecule has 0 bridgehead atoms. The van der Waals surface area contributed by atoms with Crippen molar-refractivity contribution in [1.82, 2.24) is 20.1 Å². The molecule has 2 fully saturated rings. The van der Waals surface area contributed by atoms with E-state index in [1.165, 1.54) is 15.6 Å². The largest absolute Gasteiger partial charge is 0.368 e. The smallest absolute Gasteiger partial charge is 0.251 e. The molecule has 1 unspecified atom stereocenters. The number of carbonyl (C=O) groups is 1. The van der Waals surface area contributed by atoms with Gasteiger partial charge in [-0.05, 0) is 33.1 Å². The topological polar surface area (TPSA) is 70.1 Å². The summed E-state index contributed by atoms with van der Waals surface area (Å²) < 4.78 is 5.55. The number of guanidine groups is 1. The third-order valence-electron chi connectivity index (χ3n) is 5.29. The zero-order chi connectivity index (χ0) is 19.9. The summed E-state index contributed by atoms with van der Waals surface area (Å²) in [6.07, 6.45) is 3.50. The van der Waals surface area contributed by atoms with E-state index in [1.54, 1.807) is 11.3 Å². The first-order valence-corrected chi connectivity index (χ1v) is 11.3. The number of carbonyl (C=O) groups excluding carboxylic acids is 1. The zero-order valence-corrected chi connectivity index (χ0v) is 18.2. The van der Waals surface area contributed by atoms with Crippen LogP contribution in [-0.4, -0.2) is 78.6 Å². The van der Waals surface area contributed by atoms with Crippen LogP contribution >= 0.6 is 11.3 Å². The van der Waals surface area contributed by atoms with Gasteiger partial charge in [0.05, 0.1) is 10.7 Å². The summed E-state index contributed by atoms with van der Waals surface area (Å²) in [7, 11) is 0. The van der Waals surface area contributed by atoms with Gasteiger partial charge in [0.15, 0.2) is 5.96 Å². The van der Waals surface area contributed by atoms with E-state index in [-0.39, 0.29) is 12.0 Å². The molecule has 7 nitrogen and oxygen atoms in total. The number of nitrogens with zero attached hydrogens (tertiary/aromatic N) is 4. The van der Waals surface area contributed by atoms with Crippen molar-refractivity contribution in [2.24, 2.45) is 4.99 Å². The Labute approximate surface area is 172 Å². The van der Waals surface area contributed by atoms with Crippen LogP contribution in [0.25, 0.3) is 0 Å². The van der Waals surface area contributed by atoms with E-state index in [1.807, 2.05) is 4.90 Å². The average molecular weight is 408 g/mol. The number of hydrogen-bond acceptors (Lipinski definition) is 5. The number of hydrogen-bond donors (Lipinski definition) is 1. The standard InChI is InChI=1S/C20H33N5O2S/c1-4-16-15(3)28-18(23-16)8-9-22-20(21-5-2)25-12-10-24(11-13-25)19(26)17-7-6-14-27-17/h17H,4-14H2,1-3H3,(H,21,22). The van der Waals surface area contributed by atoms with Gasteiger partial charge >= 0.3 is 0 Å². The fourth-order valence-corrected chi connectivity index (χ4v) is 4.73. The van der Waals surface area contributed by atoms with E-state index in [4.69, 9.17) is 14.7 Å². The lowest BCUT2D eigenvalue weighted by atomic mass is 10.2. The average Bonchev–Trinajstić information content (AvgIpc) is 3.36. The number of aryl methyl sites for hydroxylation is 2. The molecule has 2 saturated heterocycles. The Bertz CT molecular complexity index is 676. The van der Waals surface area contributed by atoms with Gasteiger partial charge < -0.3 is 19.9 Å². The minimum absolute atomic E-state index is 0.157. The summed E-state index contributed by atoms with van der Waals surface area (Å²) in [6, 6.07) is 0. The number of ether oxygens (including phenoxy) is 1. The van der Waals surface area contributed by atoms with Crippen molar-refractivity contribution in [3.8, 4) is 0 Å². The summed E-state index contributed by atoms with van der Waals surface area (Å²) in [5, 5.41) is 4.56. The second kappa shape index (κ2) is 10.2. The molecule has 1 atom stereocenters. The number of nitrogens with one attached hydrogen (secondary N) is 1. The maximum absolute atomic E-state index is 12.5. The first-order valence-electron chi connectivity index (χ1n) is 10.5. The molecule has 2 aliphatic heterocycles. The van der Waals surface area contributed by atoms with E-state index < -0.39 is 0 Å². The lowest BCUT2D eigenvalue weighted by molar-refractivity contribution is -0.142. The van der Waals surface area contributed by atoms with Gasteiger partial charge in [-0.2, -0.15) is 0 Å². The highest BCUT2D eigenvalue weighted by Crippen LogP contribution is 2.18. The number of amides is 1. The molecule has 1 N–H and O–H groups in total. The molecule has 0 saturated carbocycles. The maximum Gasteiger partial charge on any atom is 0.251 e. The summed E-state index contributed by atoms with van der Waals surface area (Å²) in [5.74, 6) is 1.10. The van der Waals surface area contributed by atoms with Crippen LogP contribution in [0.15, 0.2) is 4.99 Å². The molecule has 1 aromatic heterocycles. The third kappa shape index (κ3) is 5.23. The molecule has 0 spiro atoms. The fraction of sp³-hybridized carbons (Fsp3) is 0.750. The lowest BCUT2D eigenvalue weighted by Gasteiger charge is -2.37. The molecule has 1 aromatic rings. The van der Waals surface area contributed by atoms with Crippen molar-refractivity contribution in [2.75, 3.05) is 45.9 Å². The quantitative estimate of drug-likeness (QED) is 0.576. The maximum atomic E-state index is 12.5. The zero-order valence-electron chi connectivity index (χ0n) is 17.4. The predicted octanol–water partition coefficient (Wildman–Crippen LogP) is 1.85. The first-order chi connectivity index (χ1) is 13.6. The molecule has 2 aliphatic rings. The number of aliphatic imine (C=N–C) groups is 1. The Morgan fingerprint density at radius 3 is 2.64 bits per heavy atom. The third-order valence-corrected chi connectivity index (χ3v) is 6.36. The number of thiazole rings is 1. The van der Waals surface area contributed by atoms with Crippen LogP contribution < -0.4 is 5.32 Å². The van der Waals surface area contributed by atoms with Gasteiger partial charge in [0.25, 0.3) is 5.91 Å². The highest BCUT2D eigenvalue weighted by Gasteiger charge is 2.30. The first kappa shape index (κ1) is 21.0. The summed E-state index contributed by atoms with van der Waals surface area (Å²) in [6.45, 7) is 11.7. The van der Waals surface area contributed by atoms with Crippen molar-refractivity contribution in [1.29, 1.82) is 0 Å². The predicted molar refractivity (Wildman–Crippen MR) is 113 cm³/mol. The van der Waals surface area contributed by atoms with Gasteiger partial charge in [-0.1, -0.05) is 6.92 Å².